The van der Waals surface area contributed by atoms with Crippen LogP contribution in [-0.2, 0) is 4.74 Å². The zero-order chi connectivity index (χ0) is 12.1. The fraction of sp³-hybridized carbons (Fsp3) is 0.667. The zero-order valence-corrected chi connectivity index (χ0v) is 11.6. The van der Waals surface area contributed by atoms with Gasteiger partial charge in [-0.2, -0.15) is 0 Å². The van der Waals surface area contributed by atoms with E-state index in [1.54, 1.807) is 11.3 Å². The molecule has 2 atom stereocenters. The van der Waals surface area contributed by atoms with Crippen LogP contribution in [0.3, 0.4) is 0 Å². The van der Waals surface area contributed by atoms with Crippen molar-refractivity contribution < 1.29 is 4.74 Å². The highest BCUT2D eigenvalue weighted by Gasteiger charge is 2.18. The number of thiophene rings is 1. The van der Waals surface area contributed by atoms with Crippen LogP contribution in [0, 0.1) is 5.92 Å². The van der Waals surface area contributed by atoms with Gasteiger partial charge in [0, 0.05) is 17.5 Å². The molecular weight excluding hydrogens is 242 g/mol. The number of rotatable bonds is 6. The van der Waals surface area contributed by atoms with Gasteiger partial charge in [0.1, 0.15) is 6.10 Å². The van der Waals surface area contributed by atoms with Crippen LogP contribution in [0.2, 0.25) is 4.34 Å². The molecule has 92 valence electrons. The predicted molar refractivity (Wildman–Crippen MR) is 71.1 cm³/mol. The third kappa shape index (κ3) is 4.42. The van der Waals surface area contributed by atoms with E-state index in [2.05, 4.69) is 13.8 Å². The molecule has 16 heavy (non-hydrogen) atoms. The van der Waals surface area contributed by atoms with Crippen molar-refractivity contribution in [3.05, 3.63) is 21.3 Å². The lowest BCUT2D eigenvalue weighted by Gasteiger charge is -2.20. The molecule has 2 unspecified atom stereocenters. The molecule has 0 saturated carbocycles. The predicted octanol–water partition coefficient (Wildman–Crippen LogP) is 3.85. The summed E-state index contributed by atoms with van der Waals surface area (Å²) in [5.41, 5.74) is 5.93. The first-order valence-electron chi connectivity index (χ1n) is 5.63. The first-order chi connectivity index (χ1) is 7.50. The van der Waals surface area contributed by atoms with E-state index in [0.717, 1.165) is 22.2 Å². The Balaban J connectivity index is 2.55. The largest absolute Gasteiger partial charge is 0.371 e. The number of hydrogen-bond donors (Lipinski definition) is 1. The maximum absolute atomic E-state index is 5.93. The highest BCUT2D eigenvalue weighted by atomic mass is 35.5. The molecular formula is C12H20ClNOS. The number of hydrogen-bond acceptors (Lipinski definition) is 3. The quantitative estimate of drug-likeness (QED) is 0.844. The summed E-state index contributed by atoms with van der Waals surface area (Å²) in [5.74, 6) is 0.653. The Hall–Kier alpha value is -0.0900. The van der Waals surface area contributed by atoms with Gasteiger partial charge in [0.05, 0.1) is 4.34 Å². The van der Waals surface area contributed by atoms with E-state index in [-0.39, 0.29) is 12.1 Å². The van der Waals surface area contributed by atoms with Gasteiger partial charge in [0.2, 0.25) is 0 Å². The summed E-state index contributed by atoms with van der Waals surface area (Å²) in [6.07, 6.45) is 1.03. The average molecular weight is 262 g/mol. The zero-order valence-electron chi connectivity index (χ0n) is 10.1. The van der Waals surface area contributed by atoms with E-state index < -0.39 is 0 Å². The fourth-order valence-corrected chi connectivity index (χ4v) is 2.63. The van der Waals surface area contributed by atoms with Gasteiger partial charge in [0.25, 0.3) is 0 Å². The van der Waals surface area contributed by atoms with Crippen molar-refractivity contribution in [2.75, 3.05) is 6.61 Å². The van der Waals surface area contributed by atoms with E-state index in [0.29, 0.717) is 5.92 Å². The van der Waals surface area contributed by atoms with E-state index in [1.165, 1.54) is 0 Å². The van der Waals surface area contributed by atoms with Crippen molar-refractivity contribution in [1.82, 2.24) is 0 Å². The van der Waals surface area contributed by atoms with Gasteiger partial charge in [-0.05, 0) is 31.4 Å². The van der Waals surface area contributed by atoms with Gasteiger partial charge in [0.15, 0.2) is 0 Å². The van der Waals surface area contributed by atoms with Crippen molar-refractivity contribution in [1.29, 1.82) is 0 Å². The summed E-state index contributed by atoms with van der Waals surface area (Å²) < 4.78 is 6.63. The molecule has 0 spiro atoms. The van der Waals surface area contributed by atoms with Crippen LogP contribution in [0.5, 0.6) is 0 Å². The molecule has 1 aromatic heterocycles. The Bertz CT molecular complexity index is 312. The van der Waals surface area contributed by atoms with Crippen LogP contribution in [0.4, 0.5) is 0 Å². The van der Waals surface area contributed by atoms with Crippen LogP contribution in [0.25, 0.3) is 0 Å². The lowest BCUT2D eigenvalue weighted by Crippen LogP contribution is -2.26. The molecule has 0 aliphatic rings. The maximum atomic E-state index is 5.93. The topological polar surface area (TPSA) is 35.2 Å². The van der Waals surface area contributed by atoms with Crippen molar-refractivity contribution >= 4 is 22.9 Å². The molecule has 1 aromatic rings. The molecule has 4 heteroatoms. The van der Waals surface area contributed by atoms with E-state index >= 15 is 0 Å². The van der Waals surface area contributed by atoms with Crippen LogP contribution in [0.15, 0.2) is 12.1 Å². The molecule has 0 aliphatic carbocycles. The highest BCUT2D eigenvalue weighted by Crippen LogP contribution is 2.30. The maximum Gasteiger partial charge on any atom is 0.106 e. The first kappa shape index (κ1) is 14.0. The summed E-state index contributed by atoms with van der Waals surface area (Å²) in [6.45, 7) is 7.09. The summed E-state index contributed by atoms with van der Waals surface area (Å²) in [4.78, 5) is 1.11. The van der Waals surface area contributed by atoms with Gasteiger partial charge in [-0.3, -0.25) is 0 Å². The van der Waals surface area contributed by atoms with Crippen molar-refractivity contribution in [3.8, 4) is 0 Å². The number of nitrogens with two attached hydrogens (primary N) is 1. The van der Waals surface area contributed by atoms with Gasteiger partial charge >= 0.3 is 0 Å². The molecule has 0 radical (unpaired) electrons. The second-order valence-electron chi connectivity index (χ2n) is 4.47. The molecule has 0 aromatic carbocycles. The number of ether oxygens (including phenoxy) is 1. The molecule has 0 saturated heterocycles. The molecule has 1 rings (SSSR count). The second kappa shape index (κ2) is 6.60. The van der Waals surface area contributed by atoms with Crippen molar-refractivity contribution in [2.45, 2.75) is 39.3 Å². The molecule has 0 bridgehead atoms. The standard InChI is InChI=1S/C12H20ClNOS/c1-8(2)6-7-15-12(9(3)14)10-4-5-11(13)16-10/h4-5,8-9,12H,6-7,14H2,1-3H3. The highest BCUT2D eigenvalue weighted by molar-refractivity contribution is 7.16. The number of halogens is 1. The molecule has 0 amide bonds. The van der Waals surface area contributed by atoms with Crippen LogP contribution < -0.4 is 5.73 Å². The van der Waals surface area contributed by atoms with Crippen LogP contribution in [0.1, 0.15) is 38.2 Å². The van der Waals surface area contributed by atoms with Gasteiger partial charge < -0.3 is 10.5 Å². The molecule has 2 N–H and O–H groups in total. The Morgan fingerprint density at radius 1 is 1.38 bits per heavy atom. The lowest BCUT2D eigenvalue weighted by molar-refractivity contribution is 0.0344. The monoisotopic (exact) mass is 261 g/mol. The third-order valence-electron chi connectivity index (χ3n) is 2.34. The van der Waals surface area contributed by atoms with E-state index in [1.807, 2.05) is 19.1 Å². The average Bonchev–Trinajstić information content (AvgIpc) is 2.58. The molecule has 0 aliphatic heterocycles. The van der Waals surface area contributed by atoms with Gasteiger partial charge in [-0.15, -0.1) is 11.3 Å². The Labute approximate surface area is 107 Å². The van der Waals surface area contributed by atoms with E-state index in [4.69, 9.17) is 22.1 Å². The SMILES string of the molecule is CC(C)CCOC(c1ccc(Cl)s1)C(C)N. The minimum atomic E-state index is -0.0313. The Morgan fingerprint density at radius 3 is 2.50 bits per heavy atom. The first-order valence-corrected chi connectivity index (χ1v) is 6.82. The van der Waals surface area contributed by atoms with Gasteiger partial charge in [-0.1, -0.05) is 25.4 Å². The smallest absolute Gasteiger partial charge is 0.106 e. The Kier molecular flexibility index (Phi) is 5.76. The molecule has 0 fully saturated rings. The lowest BCUT2D eigenvalue weighted by atomic mass is 10.1. The van der Waals surface area contributed by atoms with Crippen molar-refractivity contribution in [2.24, 2.45) is 11.7 Å². The summed E-state index contributed by atoms with van der Waals surface area (Å²) in [7, 11) is 0. The normalized spacial score (nSPS) is 15.4. The summed E-state index contributed by atoms with van der Waals surface area (Å²) in [5, 5.41) is 0. The minimum Gasteiger partial charge on any atom is -0.371 e. The Morgan fingerprint density at radius 2 is 2.06 bits per heavy atom. The molecule has 2 nitrogen and oxygen atoms in total. The fourth-order valence-electron chi connectivity index (χ4n) is 1.40. The second-order valence-corrected chi connectivity index (χ2v) is 6.22. The minimum absolute atomic E-state index is 0.0121. The van der Waals surface area contributed by atoms with Gasteiger partial charge in [-0.25, -0.2) is 0 Å². The third-order valence-corrected chi connectivity index (χ3v) is 3.64. The summed E-state index contributed by atoms with van der Waals surface area (Å²) >= 11 is 7.46. The van der Waals surface area contributed by atoms with Crippen molar-refractivity contribution in [3.63, 3.8) is 0 Å². The van der Waals surface area contributed by atoms with E-state index in [9.17, 15) is 0 Å². The van der Waals surface area contributed by atoms with Crippen LogP contribution >= 0.6 is 22.9 Å². The van der Waals surface area contributed by atoms with Crippen LogP contribution in [-0.4, -0.2) is 12.6 Å². The summed E-state index contributed by atoms with van der Waals surface area (Å²) in [6, 6.07) is 3.88. The molecule has 1 heterocycles.